The molecule has 0 saturated heterocycles. The van der Waals surface area contributed by atoms with Crippen LogP contribution >= 0.6 is 11.8 Å². The Morgan fingerprint density at radius 3 is 2.67 bits per heavy atom. The van der Waals surface area contributed by atoms with Gasteiger partial charge in [-0.1, -0.05) is 0 Å². The fraction of sp³-hybridized carbons (Fsp3) is 0.286. The predicted molar refractivity (Wildman–Crippen MR) is 85.5 cm³/mol. The first-order valence-electron chi connectivity index (χ1n) is 6.36. The van der Waals surface area contributed by atoms with Crippen molar-refractivity contribution in [3.8, 4) is 5.75 Å². The standard InChI is InChI=1S/C14H18N4O2S/c1-8-13(9(2)18-17-8)16-14(19)15-11-6-5-10(21-4)7-12(11)20-3/h5-7H,1-4H3,(H,17,18)(H2,15,16,19). The van der Waals surface area contributed by atoms with Crippen molar-refractivity contribution >= 4 is 29.2 Å². The molecule has 1 aromatic carbocycles. The number of ether oxygens (including phenoxy) is 1. The highest BCUT2D eigenvalue weighted by atomic mass is 32.2. The lowest BCUT2D eigenvalue weighted by molar-refractivity contribution is 0.262. The summed E-state index contributed by atoms with van der Waals surface area (Å²) < 4.78 is 5.30. The Balaban J connectivity index is 2.13. The number of hydrogen-bond donors (Lipinski definition) is 3. The van der Waals surface area contributed by atoms with Crippen molar-refractivity contribution in [2.75, 3.05) is 24.0 Å². The maximum atomic E-state index is 12.1. The lowest BCUT2D eigenvalue weighted by Gasteiger charge is -2.12. The Kier molecular flexibility index (Phi) is 4.74. The lowest BCUT2D eigenvalue weighted by atomic mass is 10.3. The van der Waals surface area contributed by atoms with Crippen LogP contribution < -0.4 is 15.4 Å². The van der Waals surface area contributed by atoms with Gasteiger partial charge in [-0.3, -0.25) is 5.10 Å². The molecule has 112 valence electrons. The molecular formula is C14H18N4O2S. The van der Waals surface area contributed by atoms with Crippen LogP contribution in [0.5, 0.6) is 5.75 Å². The number of aromatic nitrogens is 2. The van der Waals surface area contributed by atoms with Gasteiger partial charge in [0.15, 0.2) is 0 Å². The second-order valence-corrected chi connectivity index (χ2v) is 5.33. The van der Waals surface area contributed by atoms with Gasteiger partial charge in [0.2, 0.25) is 0 Å². The van der Waals surface area contributed by atoms with E-state index in [0.29, 0.717) is 17.1 Å². The average Bonchev–Trinajstić information content (AvgIpc) is 2.79. The molecule has 0 radical (unpaired) electrons. The summed E-state index contributed by atoms with van der Waals surface area (Å²) in [5.74, 6) is 0.623. The van der Waals surface area contributed by atoms with Crippen molar-refractivity contribution in [1.82, 2.24) is 10.2 Å². The molecular weight excluding hydrogens is 288 g/mol. The van der Waals surface area contributed by atoms with Gasteiger partial charge in [-0.25, -0.2) is 4.79 Å². The molecule has 0 atom stereocenters. The lowest BCUT2D eigenvalue weighted by Crippen LogP contribution is -2.20. The fourth-order valence-electron chi connectivity index (χ4n) is 1.90. The van der Waals surface area contributed by atoms with Crippen LogP contribution in [-0.2, 0) is 0 Å². The van der Waals surface area contributed by atoms with Gasteiger partial charge in [0.05, 0.1) is 29.9 Å². The largest absolute Gasteiger partial charge is 0.495 e. The first-order chi connectivity index (χ1) is 10.0. The molecule has 6 nitrogen and oxygen atoms in total. The predicted octanol–water partition coefficient (Wildman–Crippen LogP) is 3.40. The summed E-state index contributed by atoms with van der Waals surface area (Å²) in [4.78, 5) is 13.2. The second kappa shape index (κ2) is 6.53. The molecule has 1 heterocycles. The van der Waals surface area contributed by atoms with E-state index in [0.717, 1.165) is 16.3 Å². The molecule has 1 aromatic heterocycles. The van der Waals surface area contributed by atoms with Crippen LogP contribution in [0.25, 0.3) is 0 Å². The van der Waals surface area contributed by atoms with Gasteiger partial charge in [-0.05, 0) is 38.3 Å². The van der Waals surface area contributed by atoms with E-state index in [9.17, 15) is 4.79 Å². The quantitative estimate of drug-likeness (QED) is 0.756. The molecule has 0 aliphatic carbocycles. The molecule has 3 N–H and O–H groups in total. The van der Waals surface area contributed by atoms with E-state index in [-0.39, 0.29) is 6.03 Å². The van der Waals surface area contributed by atoms with Crippen molar-refractivity contribution in [3.05, 3.63) is 29.6 Å². The molecule has 0 spiro atoms. The molecule has 2 amide bonds. The highest BCUT2D eigenvalue weighted by Crippen LogP contribution is 2.29. The van der Waals surface area contributed by atoms with E-state index in [4.69, 9.17) is 4.74 Å². The molecule has 0 saturated carbocycles. The number of benzene rings is 1. The first-order valence-corrected chi connectivity index (χ1v) is 7.59. The minimum Gasteiger partial charge on any atom is -0.495 e. The van der Waals surface area contributed by atoms with Crippen LogP contribution in [0, 0.1) is 13.8 Å². The van der Waals surface area contributed by atoms with Crippen LogP contribution in [0.1, 0.15) is 11.4 Å². The molecule has 2 rings (SSSR count). The van der Waals surface area contributed by atoms with Crippen LogP contribution in [0.3, 0.4) is 0 Å². The number of rotatable bonds is 4. The first kappa shape index (κ1) is 15.2. The number of aromatic amines is 1. The van der Waals surface area contributed by atoms with Crippen molar-refractivity contribution in [3.63, 3.8) is 0 Å². The summed E-state index contributed by atoms with van der Waals surface area (Å²) in [6.45, 7) is 3.68. The zero-order chi connectivity index (χ0) is 15.4. The third kappa shape index (κ3) is 3.49. The van der Waals surface area contributed by atoms with Gasteiger partial charge < -0.3 is 15.4 Å². The van der Waals surface area contributed by atoms with Gasteiger partial charge in [0.1, 0.15) is 5.75 Å². The Morgan fingerprint density at radius 2 is 2.10 bits per heavy atom. The van der Waals surface area contributed by atoms with E-state index in [1.165, 1.54) is 0 Å². The van der Waals surface area contributed by atoms with Gasteiger partial charge in [0, 0.05) is 4.90 Å². The second-order valence-electron chi connectivity index (χ2n) is 4.45. The highest BCUT2D eigenvalue weighted by Gasteiger charge is 2.12. The number of urea groups is 1. The third-order valence-corrected chi connectivity index (χ3v) is 3.75. The minimum atomic E-state index is -0.335. The Hall–Kier alpha value is -2.15. The van der Waals surface area contributed by atoms with E-state index >= 15 is 0 Å². The van der Waals surface area contributed by atoms with E-state index in [1.54, 1.807) is 18.9 Å². The number of anilines is 2. The summed E-state index contributed by atoms with van der Waals surface area (Å²) in [6.07, 6.45) is 1.99. The molecule has 0 unspecified atom stereocenters. The van der Waals surface area contributed by atoms with Crippen molar-refractivity contribution in [2.45, 2.75) is 18.7 Å². The number of H-pyrrole nitrogens is 1. The maximum absolute atomic E-state index is 12.1. The maximum Gasteiger partial charge on any atom is 0.323 e. The Morgan fingerprint density at radius 1 is 1.33 bits per heavy atom. The summed E-state index contributed by atoms with van der Waals surface area (Å²) >= 11 is 1.61. The third-order valence-electron chi connectivity index (χ3n) is 3.02. The van der Waals surface area contributed by atoms with Crippen LogP contribution in [0.4, 0.5) is 16.2 Å². The number of amides is 2. The van der Waals surface area contributed by atoms with Crippen LogP contribution in [-0.4, -0.2) is 29.6 Å². The monoisotopic (exact) mass is 306 g/mol. The van der Waals surface area contributed by atoms with Gasteiger partial charge >= 0.3 is 6.03 Å². The van der Waals surface area contributed by atoms with E-state index in [1.807, 2.05) is 38.3 Å². The zero-order valence-corrected chi connectivity index (χ0v) is 13.2. The molecule has 7 heteroatoms. The van der Waals surface area contributed by atoms with Gasteiger partial charge in [-0.2, -0.15) is 5.10 Å². The topological polar surface area (TPSA) is 79.0 Å². The molecule has 0 fully saturated rings. The number of aryl methyl sites for hydroxylation is 2. The van der Waals surface area contributed by atoms with Crippen LogP contribution in [0.2, 0.25) is 0 Å². The van der Waals surface area contributed by atoms with Crippen molar-refractivity contribution < 1.29 is 9.53 Å². The number of nitrogens with one attached hydrogen (secondary N) is 3. The van der Waals surface area contributed by atoms with Gasteiger partial charge in [0.25, 0.3) is 0 Å². The summed E-state index contributed by atoms with van der Waals surface area (Å²) in [5, 5.41) is 12.4. The number of methoxy groups -OCH3 is 1. The van der Waals surface area contributed by atoms with Crippen molar-refractivity contribution in [2.24, 2.45) is 0 Å². The van der Waals surface area contributed by atoms with Crippen LogP contribution in [0.15, 0.2) is 23.1 Å². The molecule has 2 aromatic rings. The fourth-order valence-corrected chi connectivity index (χ4v) is 2.33. The smallest absolute Gasteiger partial charge is 0.323 e. The SMILES string of the molecule is COc1cc(SC)ccc1NC(=O)Nc1c(C)n[nH]c1C. The summed E-state index contributed by atoms with van der Waals surface area (Å²) in [5.41, 5.74) is 2.86. The number of hydrogen-bond acceptors (Lipinski definition) is 4. The molecule has 0 aliphatic heterocycles. The zero-order valence-electron chi connectivity index (χ0n) is 12.4. The Bertz CT molecular complexity index is 635. The van der Waals surface area contributed by atoms with E-state index in [2.05, 4.69) is 20.8 Å². The van der Waals surface area contributed by atoms with Crippen molar-refractivity contribution in [1.29, 1.82) is 0 Å². The number of carbonyl (C=O) groups excluding carboxylic acids is 1. The Labute approximate surface area is 127 Å². The summed E-state index contributed by atoms with van der Waals surface area (Å²) in [6, 6.07) is 5.29. The normalized spacial score (nSPS) is 10.3. The van der Waals surface area contributed by atoms with E-state index < -0.39 is 0 Å². The molecule has 21 heavy (non-hydrogen) atoms. The number of thioether (sulfide) groups is 1. The summed E-state index contributed by atoms with van der Waals surface area (Å²) in [7, 11) is 1.58. The average molecular weight is 306 g/mol. The number of carbonyl (C=O) groups is 1. The van der Waals surface area contributed by atoms with Gasteiger partial charge in [-0.15, -0.1) is 11.8 Å². The molecule has 0 bridgehead atoms. The highest BCUT2D eigenvalue weighted by molar-refractivity contribution is 7.98. The number of nitrogens with zero attached hydrogens (tertiary/aromatic N) is 1. The molecule has 0 aliphatic rings. The minimum absolute atomic E-state index is 0.335.